The highest BCUT2D eigenvalue weighted by atomic mass is 32.2. The monoisotopic (exact) mass is 283 g/mol. The summed E-state index contributed by atoms with van der Waals surface area (Å²) in [6.07, 6.45) is 0.640. The molecule has 0 amide bonds. The lowest BCUT2D eigenvalue weighted by molar-refractivity contribution is 0.196. The molecule has 0 spiro atoms. The van der Waals surface area contributed by atoms with Gasteiger partial charge < -0.3 is 9.72 Å². The lowest BCUT2D eigenvalue weighted by atomic mass is 10.3. The van der Waals surface area contributed by atoms with Gasteiger partial charge in [0.25, 0.3) is 0 Å². The predicted molar refractivity (Wildman–Crippen MR) is 72.5 cm³/mol. The van der Waals surface area contributed by atoms with Crippen LogP contribution in [0.4, 0.5) is 0 Å². The van der Waals surface area contributed by atoms with Gasteiger partial charge in [-0.05, 0) is 31.5 Å². The molecule has 0 saturated heterocycles. The van der Waals surface area contributed by atoms with Crippen LogP contribution in [0.2, 0.25) is 0 Å². The summed E-state index contributed by atoms with van der Waals surface area (Å²) in [5.41, 5.74) is 1.48. The summed E-state index contributed by atoms with van der Waals surface area (Å²) in [5, 5.41) is 0. The number of H-pyrrole nitrogens is 1. The number of nitrogens with zero attached hydrogens (tertiary/aromatic N) is 1. The Kier molecular flexibility index (Phi) is 4.18. The van der Waals surface area contributed by atoms with Crippen LogP contribution >= 0.6 is 0 Å². The fourth-order valence-electron chi connectivity index (χ4n) is 1.79. The van der Waals surface area contributed by atoms with Crippen LogP contribution in [0.1, 0.15) is 12.2 Å². The molecular formula is C12H17N3O3S. The minimum atomic E-state index is -3.48. The van der Waals surface area contributed by atoms with Crippen molar-refractivity contribution in [3.8, 4) is 0 Å². The number of hydrogen-bond acceptors (Lipinski definition) is 4. The van der Waals surface area contributed by atoms with Crippen LogP contribution < -0.4 is 4.72 Å². The van der Waals surface area contributed by atoms with Gasteiger partial charge in [0.05, 0.1) is 15.9 Å². The Morgan fingerprint density at radius 1 is 1.42 bits per heavy atom. The molecule has 7 heteroatoms. The molecule has 0 fully saturated rings. The van der Waals surface area contributed by atoms with Crippen molar-refractivity contribution in [2.24, 2.45) is 0 Å². The average Bonchev–Trinajstić information content (AvgIpc) is 2.73. The van der Waals surface area contributed by atoms with E-state index in [1.165, 1.54) is 0 Å². The SMILES string of the molecule is COCCCNS(=O)(=O)c1ccc2nc(C)[nH]c2c1. The summed E-state index contributed by atoms with van der Waals surface area (Å²) >= 11 is 0. The number of hydrogen-bond donors (Lipinski definition) is 2. The van der Waals surface area contributed by atoms with Crippen LogP contribution in [0.25, 0.3) is 11.0 Å². The number of fused-ring (bicyclic) bond motifs is 1. The van der Waals surface area contributed by atoms with E-state index in [0.29, 0.717) is 19.6 Å². The van der Waals surface area contributed by atoms with E-state index in [4.69, 9.17) is 4.74 Å². The molecule has 0 bridgehead atoms. The first-order chi connectivity index (χ1) is 9.03. The average molecular weight is 283 g/mol. The maximum atomic E-state index is 12.1. The maximum Gasteiger partial charge on any atom is 0.240 e. The Hall–Kier alpha value is -1.44. The lowest BCUT2D eigenvalue weighted by Gasteiger charge is -2.06. The molecule has 0 aliphatic carbocycles. The zero-order valence-electron chi connectivity index (χ0n) is 10.9. The number of ether oxygens (including phenoxy) is 1. The van der Waals surface area contributed by atoms with Crippen molar-refractivity contribution >= 4 is 21.1 Å². The van der Waals surface area contributed by atoms with Gasteiger partial charge >= 0.3 is 0 Å². The molecule has 104 valence electrons. The van der Waals surface area contributed by atoms with Crippen LogP contribution in [0.3, 0.4) is 0 Å². The summed E-state index contributed by atoms with van der Waals surface area (Å²) in [6.45, 7) is 2.72. The van der Waals surface area contributed by atoms with Gasteiger partial charge in [-0.25, -0.2) is 18.1 Å². The second kappa shape index (κ2) is 5.68. The van der Waals surface area contributed by atoms with Crippen LogP contribution in [-0.2, 0) is 14.8 Å². The summed E-state index contributed by atoms with van der Waals surface area (Å²) in [6, 6.07) is 4.85. The minimum Gasteiger partial charge on any atom is -0.385 e. The van der Waals surface area contributed by atoms with Gasteiger partial charge in [0.1, 0.15) is 5.82 Å². The van der Waals surface area contributed by atoms with E-state index in [-0.39, 0.29) is 4.90 Å². The molecule has 2 rings (SSSR count). The maximum absolute atomic E-state index is 12.1. The van der Waals surface area contributed by atoms with Gasteiger partial charge in [-0.3, -0.25) is 0 Å². The summed E-state index contributed by atoms with van der Waals surface area (Å²) in [5.74, 6) is 0.762. The molecule has 2 N–H and O–H groups in total. The number of aryl methyl sites for hydroxylation is 1. The first kappa shape index (κ1) is 14.0. The van der Waals surface area contributed by atoms with Crippen molar-refractivity contribution in [3.05, 3.63) is 24.0 Å². The van der Waals surface area contributed by atoms with Gasteiger partial charge in [-0.1, -0.05) is 0 Å². The summed E-state index contributed by atoms with van der Waals surface area (Å²) in [7, 11) is -1.89. The molecule has 6 nitrogen and oxygen atoms in total. The molecule has 1 aromatic carbocycles. The fourth-order valence-corrected chi connectivity index (χ4v) is 2.89. The van der Waals surface area contributed by atoms with Crippen molar-refractivity contribution < 1.29 is 13.2 Å². The largest absolute Gasteiger partial charge is 0.385 e. The van der Waals surface area contributed by atoms with E-state index < -0.39 is 10.0 Å². The van der Waals surface area contributed by atoms with E-state index in [1.807, 2.05) is 6.92 Å². The zero-order chi connectivity index (χ0) is 13.9. The molecular weight excluding hydrogens is 266 g/mol. The zero-order valence-corrected chi connectivity index (χ0v) is 11.8. The molecule has 1 aromatic heterocycles. The van der Waals surface area contributed by atoms with E-state index in [2.05, 4.69) is 14.7 Å². The van der Waals surface area contributed by atoms with Gasteiger partial charge in [0, 0.05) is 20.3 Å². The van der Waals surface area contributed by atoms with Crippen LogP contribution in [0.15, 0.2) is 23.1 Å². The Bertz CT molecular complexity index is 664. The third kappa shape index (κ3) is 3.31. The van der Waals surface area contributed by atoms with E-state index in [0.717, 1.165) is 16.9 Å². The molecule has 2 aromatic rings. The molecule has 19 heavy (non-hydrogen) atoms. The number of rotatable bonds is 6. The highest BCUT2D eigenvalue weighted by Gasteiger charge is 2.14. The van der Waals surface area contributed by atoms with E-state index in [9.17, 15) is 8.42 Å². The quantitative estimate of drug-likeness (QED) is 0.780. The van der Waals surface area contributed by atoms with Crippen molar-refractivity contribution in [2.75, 3.05) is 20.3 Å². The van der Waals surface area contributed by atoms with Crippen LogP contribution in [0, 0.1) is 6.92 Å². The smallest absolute Gasteiger partial charge is 0.240 e. The molecule has 0 atom stereocenters. The molecule has 0 radical (unpaired) electrons. The second-order valence-corrected chi connectivity index (χ2v) is 6.01. The summed E-state index contributed by atoms with van der Waals surface area (Å²) in [4.78, 5) is 7.50. The minimum absolute atomic E-state index is 0.237. The topological polar surface area (TPSA) is 84.1 Å². The number of aromatic nitrogens is 2. The van der Waals surface area contributed by atoms with Crippen molar-refractivity contribution in [2.45, 2.75) is 18.2 Å². The Morgan fingerprint density at radius 2 is 2.21 bits per heavy atom. The Balaban J connectivity index is 2.17. The van der Waals surface area contributed by atoms with E-state index in [1.54, 1.807) is 25.3 Å². The number of imidazole rings is 1. The first-order valence-corrected chi connectivity index (χ1v) is 7.46. The summed E-state index contributed by atoms with van der Waals surface area (Å²) < 4.78 is 31.5. The fraction of sp³-hybridized carbons (Fsp3) is 0.417. The number of aromatic amines is 1. The molecule has 0 aliphatic heterocycles. The number of sulfonamides is 1. The Morgan fingerprint density at radius 3 is 2.95 bits per heavy atom. The highest BCUT2D eigenvalue weighted by Crippen LogP contribution is 2.17. The standard InChI is InChI=1S/C12H17N3O3S/c1-9-14-11-5-4-10(8-12(11)15-9)19(16,17)13-6-3-7-18-2/h4-5,8,13H,3,6-7H2,1-2H3,(H,14,15). The Labute approximate surface area is 112 Å². The molecule has 0 unspecified atom stereocenters. The third-order valence-electron chi connectivity index (χ3n) is 2.70. The predicted octanol–water partition coefficient (Wildman–Crippen LogP) is 1.19. The number of methoxy groups -OCH3 is 1. The number of benzene rings is 1. The van der Waals surface area contributed by atoms with Crippen molar-refractivity contribution in [1.29, 1.82) is 0 Å². The van der Waals surface area contributed by atoms with Gasteiger partial charge in [-0.15, -0.1) is 0 Å². The molecule has 0 saturated carbocycles. The van der Waals surface area contributed by atoms with Crippen molar-refractivity contribution in [3.63, 3.8) is 0 Å². The number of nitrogens with one attached hydrogen (secondary N) is 2. The molecule has 1 heterocycles. The first-order valence-electron chi connectivity index (χ1n) is 5.98. The van der Waals surface area contributed by atoms with Gasteiger partial charge in [0.15, 0.2) is 0 Å². The third-order valence-corrected chi connectivity index (χ3v) is 4.16. The van der Waals surface area contributed by atoms with Gasteiger partial charge in [0.2, 0.25) is 10.0 Å². The highest BCUT2D eigenvalue weighted by molar-refractivity contribution is 7.89. The lowest BCUT2D eigenvalue weighted by Crippen LogP contribution is -2.25. The van der Waals surface area contributed by atoms with Gasteiger partial charge in [-0.2, -0.15) is 0 Å². The van der Waals surface area contributed by atoms with E-state index >= 15 is 0 Å². The van der Waals surface area contributed by atoms with Crippen LogP contribution in [0.5, 0.6) is 0 Å². The normalized spacial score (nSPS) is 12.1. The van der Waals surface area contributed by atoms with Crippen molar-refractivity contribution in [1.82, 2.24) is 14.7 Å². The van der Waals surface area contributed by atoms with Crippen LogP contribution in [-0.4, -0.2) is 38.6 Å². The second-order valence-electron chi connectivity index (χ2n) is 4.25. The molecule has 0 aliphatic rings.